The SMILES string of the molecule is CN=C(NCCCn1nc2n(c1=O)CCCC2)NCCc1nc(C(F)(F)F)cs1. The largest absolute Gasteiger partial charge is 0.434 e. The number of aryl methyl sites for hydroxylation is 2. The topological polar surface area (TPSA) is 89.1 Å². The lowest BCUT2D eigenvalue weighted by atomic mass is 10.2. The van der Waals surface area contributed by atoms with Gasteiger partial charge in [0.05, 0.1) is 5.01 Å². The number of alkyl halides is 3. The Hall–Kier alpha value is -2.37. The van der Waals surface area contributed by atoms with Gasteiger partial charge in [-0.25, -0.2) is 14.5 Å². The molecule has 12 heteroatoms. The summed E-state index contributed by atoms with van der Waals surface area (Å²) >= 11 is 0.995. The van der Waals surface area contributed by atoms with Crippen molar-refractivity contribution in [2.45, 2.75) is 51.4 Å². The van der Waals surface area contributed by atoms with Crippen molar-refractivity contribution in [2.75, 3.05) is 20.1 Å². The number of guanidine groups is 1. The molecule has 1 aliphatic heterocycles. The van der Waals surface area contributed by atoms with Crippen molar-refractivity contribution in [3.8, 4) is 0 Å². The van der Waals surface area contributed by atoms with E-state index in [9.17, 15) is 18.0 Å². The molecule has 0 saturated heterocycles. The lowest BCUT2D eigenvalue weighted by Crippen LogP contribution is -2.39. The standard InChI is InChI=1S/C17H24F3N7OS/c1-21-15(23-8-6-14-24-12(11-29-14)17(18,19)20)22-7-4-10-27-16(28)26-9-3-2-5-13(26)25-27/h11H,2-10H2,1H3,(H2,21,22,23). The Kier molecular flexibility index (Phi) is 6.93. The van der Waals surface area contributed by atoms with Gasteiger partial charge in [-0.3, -0.25) is 9.56 Å². The van der Waals surface area contributed by atoms with Gasteiger partial charge < -0.3 is 10.6 Å². The van der Waals surface area contributed by atoms with Crippen LogP contribution in [0.4, 0.5) is 13.2 Å². The molecule has 0 amide bonds. The molecule has 3 rings (SSSR count). The minimum absolute atomic E-state index is 0.0520. The van der Waals surface area contributed by atoms with E-state index < -0.39 is 11.9 Å². The first kappa shape index (κ1) is 21.3. The molecule has 3 heterocycles. The molecule has 2 aromatic rings. The van der Waals surface area contributed by atoms with Gasteiger partial charge in [0.1, 0.15) is 5.82 Å². The smallest absolute Gasteiger partial charge is 0.356 e. The lowest BCUT2D eigenvalue weighted by molar-refractivity contribution is -0.140. The van der Waals surface area contributed by atoms with Crippen LogP contribution in [0.15, 0.2) is 15.2 Å². The van der Waals surface area contributed by atoms with Crippen LogP contribution in [0, 0.1) is 0 Å². The van der Waals surface area contributed by atoms with Gasteiger partial charge in [0.25, 0.3) is 0 Å². The molecule has 0 atom stereocenters. The molecule has 2 aromatic heterocycles. The Morgan fingerprint density at radius 2 is 2.10 bits per heavy atom. The second-order valence-electron chi connectivity index (χ2n) is 6.68. The molecular formula is C17H24F3N7OS. The van der Waals surface area contributed by atoms with Crippen LogP contribution >= 0.6 is 11.3 Å². The average Bonchev–Trinajstić information content (AvgIpc) is 3.29. The van der Waals surface area contributed by atoms with Crippen molar-refractivity contribution < 1.29 is 13.2 Å². The van der Waals surface area contributed by atoms with E-state index in [0.29, 0.717) is 43.4 Å². The molecule has 8 nitrogen and oxygen atoms in total. The molecule has 0 radical (unpaired) electrons. The summed E-state index contributed by atoms with van der Waals surface area (Å²) in [4.78, 5) is 20.0. The maximum Gasteiger partial charge on any atom is 0.434 e. The number of hydrogen-bond acceptors (Lipinski definition) is 5. The fourth-order valence-corrected chi connectivity index (χ4v) is 3.90. The fraction of sp³-hybridized carbons (Fsp3) is 0.647. The quantitative estimate of drug-likeness (QED) is 0.395. The zero-order valence-corrected chi connectivity index (χ0v) is 16.9. The predicted molar refractivity (Wildman–Crippen MR) is 104 cm³/mol. The monoisotopic (exact) mass is 431 g/mol. The highest BCUT2D eigenvalue weighted by atomic mass is 32.1. The summed E-state index contributed by atoms with van der Waals surface area (Å²) in [6.45, 7) is 2.26. The summed E-state index contributed by atoms with van der Waals surface area (Å²) in [6, 6.07) is 0. The van der Waals surface area contributed by atoms with E-state index in [1.54, 1.807) is 11.6 Å². The van der Waals surface area contributed by atoms with E-state index in [1.165, 1.54) is 4.68 Å². The van der Waals surface area contributed by atoms with Crippen LogP contribution in [0.2, 0.25) is 0 Å². The van der Waals surface area contributed by atoms with Crippen molar-refractivity contribution >= 4 is 17.3 Å². The number of nitrogens with zero attached hydrogens (tertiary/aromatic N) is 5. The molecule has 2 N–H and O–H groups in total. The highest BCUT2D eigenvalue weighted by molar-refractivity contribution is 7.09. The van der Waals surface area contributed by atoms with E-state index in [1.807, 2.05) is 0 Å². The van der Waals surface area contributed by atoms with Crippen LogP contribution in [0.25, 0.3) is 0 Å². The first-order valence-electron chi connectivity index (χ1n) is 9.51. The Morgan fingerprint density at radius 3 is 2.79 bits per heavy atom. The number of thiazole rings is 1. The Morgan fingerprint density at radius 1 is 1.31 bits per heavy atom. The Labute approximate surface area is 169 Å². The molecular weight excluding hydrogens is 407 g/mol. The third-order valence-electron chi connectivity index (χ3n) is 4.57. The summed E-state index contributed by atoms with van der Waals surface area (Å²) in [5.74, 6) is 1.41. The lowest BCUT2D eigenvalue weighted by Gasteiger charge is -2.11. The van der Waals surface area contributed by atoms with Gasteiger partial charge in [-0.2, -0.15) is 18.3 Å². The van der Waals surface area contributed by atoms with Crippen molar-refractivity contribution in [3.63, 3.8) is 0 Å². The van der Waals surface area contributed by atoms with Gasteiger partial charge in [-0.05, 0) is 19.3 Å². The van der Waals surface area contributed by atoms with E-state index >= 15 is 0 Å². The van der Waals surface area contributed by atoms with Crippen LogP contribution in [0.5, 0.6) is 0 Å². The third kappa shape index (κ3) is 5.58. The first-order valence-corrected chi connectivity index (χ1v) is 10.4. The number of rotatable bonds is 7. The summed E-state index contributed by atoms with van der Waals surface area (Å²) in [6.07, 6.45) is -0.411. The van der Waals surface area contributed by atoms with Crippen LogP contribution in [0.1, 0.15) is 35.8 Å². The summed E-state index contributed by atoms with van der Waals surface area (Å²) < 4.78 is 41.0. The number of halogens is 3. The van der Waals surface area contributed by atoms with Crippen molar-refractivity contribution in [1.82, 2.24) is 30.0 Å². The molecule has 0 fully saturated rings. The molecule has 1 aliphatic rings. The second kappa shape index (κ2) is 9.42. The first-order chi connectivity index (χ1) is 13.9. The summed E-state index contributed by atoms with van der Waals surface area (Å²) in [5, 5.41) is 12.0. The zero-order valence-electron chi connectivity index (χ0n) is 16.1. The summed E-state index contributed by atoms with van der Waals surface area (Å²) in [5.41, 5.74) is -0.903. The highest BCUT2D eigenvalue weighted by Crippen LogP contribution is 2.29. The van der Waals surface area contributed by atoms with E-state index in [2.05, 4.69) is 25.7 Å². The van der Waals surface area contributed by atoms with E-state index in [0.717, 1.165) is 48.3 Å². The van der Waals surface area contributed by atoms with Gasteiger partial charge >= 0.3 is 11.9 Å². The van der Waals surface area contributed by atoms with Crippen molar-refractivity contribution in [1.29, 1.82) is 0 Å². The van der Waals surface area contributed by atoms with Crippen LogP contribution < -0.4 is 16.3 Å². The van der Waals surface area contributed by atoms with Gasteiger partial charge in [0.15, 0.2) is 11.7 Å². The molecule has 0 unspecified atom stereocenters. The van der Waals surface area contributed by atoms with Gasteiger partial charge in [-0.1, -0.05) is 0 Å². The maximum atomic E-state index is 12.6. The van der Waals surface area contributed by atoms with Crippen LogP contribution in [-0.4, -0.2) is 45.4 Å². The van der Waals surface area contributed by atoms with E-state index in [-0.39, 0.29) is 5.69 Å². The number of aromatic nitrogens is 4. The third-order valence-corrected chi connectivity index (χ3v) is 5.48. The average molecular weight is 431 g/mol. The van der Waals surface area contributed by atoms with Gasteiger partial charge in [-0.15, -0.1) is 11.3 Å². The predicted octanol–water partition coefficient (Wildman–Crippen LogP) is 1.65. The van der Waals surface area contributed by atoms with Crippen LogP contribution in [-0.2, 0) is 32.1 Å². The van der Waals surface area contributed by atoms with E-state index in [4.69, 9.17) is 0 Å². The molecule has 29 heavy (non-hydrogen) atoms. The molecule has 0 spiro atoms. The normalized spacial score (nSPS) is 14.7. The van der Waals surface area contributed by atoms with Gasteiger partial charge in [0.2, 0.25) is 0 Å². The minimum atomic E-state index is -4.41. The van der Waals surface area contributed by atoms with Crippen LogP contribution in [0.3, 0.4) is 0 Å². The molecule has 0 saturated carbocycles. The number of hydrogen-bond donors (Lipinski definition) is 2. The number of aliphatic imine (C=N–C) groups is 1. The summed E-state index contributed by atoms with van der Waals surface area (Å²) in [7, 11) is 1.62. The molecule has 0 bridgehead atoms. The minimum Gasteiger partial charge on any atom is -0.356 e. The zero-order chi connectivity index (χ0) is 20.9. The maximum absolute atomic E-state index is 12.6. The second-order valence-corrected chi connectivity index (χ2v) is 7.63. The molecule has 160 valence electrons. The fourth-order valence-electron chi connectivity index (χ4n) is 3.09. The Bertz CT molecular complexity index is 900. The molecule has 0 aromatic carbocycles. The highest BCUT2D eigenvalue weighted by Gasteiger charge is 2.33. The Balaban J connectivity index is 1.38. The number of fused-ring (bicyclic) bond motifs is 1. The van der Waals surface area contributed by atoms with Gasteiger partial charge in [0, 0.05) is 51.4 Å². The van der Waals surface area contributed by atoms with Crippen molar-refractivity contribution in [2.24, 2.45) is 4.99 Å². The van der Waals surface area contributed by atoms with Crippen molar-refractivity contribution in [3.05, 3.63) is 32.4 Å². The number of nitrogens with one attached hydrogen (secondary N) is 2. The molecule has 0 aliphatic carbocycles.